The Balaban J connectivity index is 2.26. The first-order valence-electron chi connectivity index (χ1n) is 6.65. The number of benzene rings is 1. The Labute approximate surface area is 122 Å². The van der Waals surface area contributed by atoms with Crippen molar-refractivity contribution in [3.05, 3.63) is 59.5 Å². The van der Waals surface area contributed by atoms with E-state index in [-0.39, 0.29) is 17.5 Å². The minimum Gasteiger partial charge on any atom is -0.478 e. The molecule has 0 unspecified atom stereocenters. The van der Waals surface area contributed by atoms with Crippen molar-refractivity contribution in [1.82, 2.24) is 4.90 Å². The van der Waals surface area contributed by atoms with Crippen LogP contribution in [0, 0.1) is 0 Å². The van der Waals surface area contributed by atoms with Gasteiger partial charge in [-0.15, -0.1) is 0 Å². The zero-order chi connectivity index (χ0) is 15.4. The van der Waals surface area contributed by atoms with Crippen LogP contribution in [-0.4, -0.2) is 27.9 Å². The van der Waals surface area contributed by atoms with Crippen molar-refractivity contribution in [2.45, 2.75) is 26.4 Å². The first kappa shape index (κ1) is 14.8. The normalized spacial score (nSPS) is 10.6. The lowest BCUT2D eigenvalue weighted by Gasteiger charge is -2.26. The molecule has 110 valence electrons. The maximum absolute atomic E-state index is 12.6. The predicted molar refractivity (Wildman–Crippen MR) is 77.1 cm³/mol. The van der Waals surface area contributed by atoms with Gasteiger partial charge in [-0.1, -0.05) is 6.07 Å². The summed E-state index contributed by atoms with van der Waals surface area (Å²) in [5.74, 6) is -0.581. The lowest BCUT2D eigenvalue weighted by atomic mass is 10.1. The molecule has 21 heavy (non-hydrogen) atoms. The Morgan fingerprint density at radius 3 is 2.48 bits per heavy atom. The van der Waals surface area contributed by atoms with E-state index in [4.69, 9.17) is 9.52 Å². The minimum absolute atomic E-state index is 0.0314. The number of hydrogen-bond acceptors (Lipinski definition) is 3. The van der Waals surface area contributed by atoms with Crippen LogP contribution in [0.4, 0.5) is 0 Å². The second kappa shape index (κ2) is 6.26. The summed E-state index contributed by atoms with van der Waals surface area (Å²) in [5.41, 5.74) is 0.456. The molecule has 0 saturated carbocycles. The molecule has 5 heteroatoms. The van der Waals surface area contributed by atoms with Crippen LogP contribution < -0.4 is 0 Å². The maximum Gasteiger partial charge on any atom is 0.335 e. The van der Waals surface area contributed by atoms with Gasteiger partial charge in [-0.25, -0.2) is 4.79 Å². The summed E-state index contributed by atoms with van der Waals surface area (Å²) in [5, 5.41) is 9.01. The molecule has 0 saturated heterocycles. The summed E-state index contributed by atoms with van der Waals surface area (Å²) in [6, 6.07) is 9.58. The van der Waals surface area contributed by atoms with Crippen LogP contribution in [-0.2, 0) is 6.54 Å². The van der Waals surface area contributed by atoms with Gasteiger partial charge in [-0.3, -0.25) is 4.79 Å². The fraction of sp³-hybridized carbons (Fsp3) is 0.250. The lowest BCUT2D eigenvalue weighted by Crippen LogP contribution is -2.36. The van der Waals surface area contributed by atoms with Crippen molar-refractivity contribution >= 4 is 11.9 Å². The van der Waals surface area contributed by atoms with Gasteiger partial charge < -0.3 is 14.4 Å². The first-order valence-corrected chi connectivity index (χ1v) is 6.65. The van der Waals surface area contributed by atoms with Crippen molar-refractivity contribution < 1.29 is 19.1 Å². The van der Waals surface area contributed by atoms with E-state index in [1.54, 1.807) is 35.4 Å². The van der Waals surface area contributed by atoms with E-state index in [2.05, 4.69) is 0 Å². The Hall–Kier alpha value is -2.56. The number of amides is 1. The molecule has 0 fully saturated rings. The number of aromatic carboxylic acids is 1. The summed E-state index contributed by atoms with van der Waals surface area (Å²) in [7, 11) is 0. The van der Waals surface area contributed by atoms with Gasteiger partial charge in [0.15, 0.2) is 0 Å². The number of furan rings is 1. The summed E-state index contributed by atoms with van der Waals surface area (Å²) in [6.07, 6.45) is 1.56. The van der Waals surface area contributed by atoms with E-state index < -0.39 is 5.97 Å². The van der Waals surface area contributed by atoms with Crippen molar-refractivity contribution in [3.63, 3.8) is 0 Å². The quantitative estimate of drug-likeness (QED) is 0.917. The molecule has 0 aliphatic carbocycles. The largest absolute Gasteiger partial charge is 0.478 e. The second-order valence-corrected chi connectivity index (χ2v) is 4.99. The zero-order valence-corrected chi connectivity index (χ0v) is 11.9. The third-order valence-electron chi connectivity index (χ3n) is 3.15. The SMILES string of the molecule is CC(C)N(Cc1ccco1)C(=O)c1cccc(C(=O)O)c1. The van der Waals surface area contributed by atoms with Crippen molar-refractivity contribution in [1.29, 1.82) is 0 Å². The molecule has 0 atom stereocenters. The highest BCUT2D eigenvalue weighted by Gasteiger charge is 2.21. The number of hydrogen-bond donors (Lipinski definition) is 1. The third-order valence-corrected chi connectivity index (χ3v) is 3.15. The zero-order valence-electron chi connectivity index (χ0n) is 11.9. The van der Waals surface area contributed by atoms with Crippen LogP contribution in [0.3, 0.4) is 0 Å². The average molecular weight is 287 g/mol. The molecule has 5 nitrogen and oxygen atoms in total. The summed E-state index contributed by atoms with van der Waals surface area (Å²) in [6.45, 7) is 4.16. The van der Waals surface area contributed by atoms with Crippen molar-refractivity contribution in [2.75, 3.05) is 0 Å². The maximum atomic E-state index is 12.6. The highest BCUT2D eigenvalue weighted by atomic mass is 16.4. The number of carbonyl (C=O) groups is 2. The number of rotatable bonds is 5. The van der Waals surface area contributed by atoms with E-state index in [1.807, 2.05) is 13.8 Å². The molecule has 0 bridgehead atoms. The van der Waals surface area contributed by atoms with E-state index in [0.717, 1.165) is 0 Å². The summed E-state index contributed by atoms with van der Waals surface area (Å²) in [4.78, 5) is 25.2. The molecule has 1 heterocycles. The average Bonchev–Trinajstić information content (AvgIpc) is 2.97. The van der Waals surface area contributed by atoms with E-state index >= 15 is 0 Å². The van der Waals surface area contributed by atoms with Gasteiger partial charge in [0.05, 0.1) is 18.4 Å². The lowest BCUT2D eigenvalue weighted by molar-refractivity contribution is 0.0676. The summed E-state index contributed by atoms with van der Waals surface area (Å²) >= 11 is 0. The van der Waals surface area contributed by atoms with Gasteiger partial charge in [0.2, 0.25) is 0 Å². The van der Waals surface area contributed by atoms with E-state index in [9.17, 15) is 9.59 Å². The fourth-order valence-electron chi connectivity index (χ4n) is 2.01. The molecule has 1 aromatic heterocycles. The molecule has 2 rings (SSSR count). The van der Waals surface area contributed by atoms with Gasteiger partial charge in [0.1, 0.15) is 5.76 Å². The Kier molecular flexibility index (Phi) is 4.42. The van der Waals surface area contributed by atoms with E-state index in [0.29, 0.717) is 17.9 Å². The molecule has 1 N–H and O–H groups in total. The highest BCUT2D eigenvalue weighted by molar-refractivity contribution is 5.97. The van der Waals surface area contributed by atoms with Gasteiger partial charge in [0.25, 0.3) is 5.91 Å². The van der Waals surface area contributed by atoms with Crippen LogP contribution in [0.15, 0.2) is 47.1 Å². The van der Waals surface area contributed by atoms with Crippen LogP contribution in [0.2, 0.25) is 0 Å². The Morgan fingerprint density at radius 2 is 1.90 bits per heavy atom. The van der Waals surface area contributed by atoms with Crippen LogP contribution in [0.5, 0.6) is 0 Å². The van der Waals surface area contributed by atoms with Crippen LogP contribution >= 0.6 is 0 Å². The van der Waals surface area contributed by atoms with Crippen molar-refractivity contribution in [2.24, 2.45) is 0 Å². The first-order chi connectivity index (χ1) is 9.99. The smallest absolute Gasteiger partial charge is 0.335 e. The topological polar surface area (TPSA) is 70.8 Å². The van der Waals surface area contributed by atoms with E-state index in [1.165, 1.54) is 12.1 Å². The van der Waals surface area contributed by atoms with Crippen LogP contribution in [0.25, 0.3) is 0 Å². The van der Waals surface area contributed by atoms with Gasteiger partial charge >= 0.3 is 5.97 Å². The second-order valence-electron chi connectivity index (χ2n) is 4.99. The van der Waals surface area contributed by atoms with Gasteiger partial charge in [0, 0.05) is 11.6 Å². The predicted octanol–water partition coefficient (Wildman–Crippen LogP) is 3.03. The molecule has 0 aliphatic rings. The number of carboxylic acids is 1. The number of nitrogens with zero attached hydrogens (tertiary/aromatic N) is 1. The number of carboxylic acid groups (broad SMARTS) is 1. The Morgan fingerprint density at radius 1 is 1.19 bits per heavy atom. The molecule has 2 aromatic rings. The molecule has 0 spiro atoms. The monoisotopic (exact) mass is 287 g/mol. The van der Waals surface area contributed by atoms with Gasteiger partial charge in [-0.2, -0.15) is 0 Å². The van der Waals surface area contributed by atoms with Crippen molar-refractivity contribution in [3.8, 4) is 0 Å². The molecular weight excluding hydrogens is 270 g/mol. The number of carbonyl (C=O) groups excluding carboxylic acids is 1. The molecule has 0 aliphatic heterocycles. The molecule has 1 aromatic carbocycles. The molecule has 0 radical (unpaired) electrons. The van der Waals surface area contributed by atoms with Crippen LogP contribution in [0.1, 0.15) is 40.3 Å². The standard InChI is InChI=1S/C16H17NO4/c1-11(2)17(10-14-7-4-8-21-14)15(18)12-5-3-6-13(9-12)16(19)20/h3-9,11H,10H2,1-2H3,(H,19,20). The molecule has 1 amide bonds. The highest BCUT2D eigenvalue weighted by Crippen LogP contribution is 2.15. The summed E-state index contributed by atoms with van der Waals surface area (Å²) < 4.78 is 5.27. The minimum atomic E-state index is -1.05. The third kappa shape index (κ3) is 3.51. The van der Waals surface area contributed by atoms with Gasteiger partial charge in [-0.05, 0) is 44.2 Å². The fourth-order valence-corrected chi connectivity index (χ4v) is 2.01. The molecular formula is C16H17NO4. The Bertz CT molecular complexity index is 631.